The van der Waals surface area contributed by atoms with Gasteiger partial charge in [-0.15, -0.1) is 5.10 Å². The molecule has 0 bridgehead atoms. The summed E-state index contributed by atoms with van der Waals surface area (Å²) in [6.07, 6.45) is 0. The van der Waals surface area contributed by atoms with Crippen LogP contribution >= 0.6 is 15.9 Å². The van der Waals surface area contributed by atoms with Crippen LogP contribution in [-0.4, -0.2) is 35.0 Å². The molecule has 1 aromatic heterocycles. The van der Waals surface area contributed by atoms with Gasteiger partial charge < -0.3 is 9.47 Å². The monoisotopic (exact) mass is 325 g/mol. The molecule has 0 aliphatic rings. The van der Waals surface area contributed by atoms with E-state index in [1.54, 1.807) is 25.2 Å². The lowest BCUT2D eigenvalue weighted by Gasteiger charge is -2.08. The maximum absolute atomic E-state index is 12.4. The molecule has 6 nitrogen and oxygen atoms in total. The number of halogens is 1. The van der Waals surface area contributed by atoms with E-state index in [1.807, 2.05) is 0 Å². The van der Waals surface area contributed by atoms with Crippen molar-refractivity contribution in [3.63, 3.8) is 0 Å². The fraction of sp³-hybridized carbons (Fsp3) is 0.250. The van der Waals surface area contributed by atoms with E-state index in [2.05, 4.69) is 26.2 Å². The van der Waals surface area contributed by atoms with Crippen molar-refractivity contribution >= 4 is 21.7 Å². The van der Waals surface area contributed by atoms with E-state index in [4.69, 9.17) is 9.47 Å². The summed E-state index contributed by atoms with van der Waals surface area (Å²) >= 11 is 3.21. The molecule has 1 aromatic carbocycles. The van der Waals surface area contributed by atoms with Gasteiger partial charge in [0.05, 0.1) is 14.2 Å². The van der Waals surface area contributed by atoms with Crippen LogP contribution < -0.4 is 9.47 Å². The number of ketones is 1. The number of carbonyl (C=O) groups is 1. The highest BCUT2D eigenvalue weighted by Gasteiger charge is 2.20. The highest BCUT2D eigenvalue weighted by Crippen LogP contribution is 2.25. The number of hydrogen-bond donors (Lipinski definition) is 0. The summed E-state index contributed by atoms with van der Waals surface area (Å²) in [7, 11) is 4.72. The highest BCUT2D eigenvalue weighted by molar-refractivity contribution is 9.10. The average Bonchev–Trinajstić information content (AvgIpc) is 2.76. The summed E-state index contributed by atoms with van der Waals surface area (Å²) < 4.78 is 12.1. The number of methoxy groups -OCH3 is 2. The van der Waals surface area contributed by atoms with Gasteiger partial charge in [0.1, 0.15) is 17.2 Å². The predicted octanol–water partition coefficient (Wildman–Crippen LogP) is 1.83. The Morgan fingerprint density at radius 2 is 1.79 bits per heavy atom. The minimum absolute atomic E-state index is 0.212. The largest absolute Gasteiger partial charge is 0.497 e. The molecule has 0 amide bonds. The first-order chi connectivity index (χ1) is 9.06. The summed E-state index contributed by atoms with van der Waals surface area (Å²) in [5.41, 5.74) is 0.817. The van der Waals surface area contributed by atoms with E-state index in [1.165, 1.54) is 18.9 Å². The smallest absolute Gasteiger partial charge is 0.214 e. The molecule has 0 N–H and O–H groups in total. The topological polar surface area (TPSA) is 66.2 Å². The van der Waals surface area contributed by atoms with E-state index >= 15 is 0 Å². The molecule has 1 heterocycles. The van der Waals surface area contributed by atoms with Gasteiger partial charge in [0.25, 0.3) is 0 Å². The van der Waals surface area contributed by atoms with Crippen LogP contribution in [0.25, 0.3) is 0 Å². The lowest BCUT2D eigenvalue weighted by Crippen LogP contribution is -2.09. The number of carbonyl (C=O) groups excluding carboxylic acids is 1. The van der Waals surface area contributed by atoms with Crippen LogP contribution in [0.1, 0.15) is 16.1 Å². The van der Waals surface area contributed by atoms with Crippen molar-refractivity contribution in [2.24, 2.45) is 7.05 Å². The van der Waals surface area contributed by atoms with Crippen LogP contribution in [0.15, 0.2) is 22.8 Å². The molecule has 0 atom stereocenters. The van der Waals surface area contributed by atoms with Gasteiger partial charge in [-0.2, -0.15) is 0 Å². The Morgan fingerprint density at radius 1 is 1.21 bits per heavy atom. The molecule has 0 radical (unpaired) electrons. The van der Waals surface area contributed by atoms with Crippen molar-refractivity contribution < 1.29 is 14.3 Å². The summed E-state index contributed by atoms with van der Waals surface area (Å²) in [6, 6.07) is 4.99. The fourth-order valence-corrected chi connectivity index (χ4v) is 2.16. The third kappa shape index (κ3) is 2.60. The van der Waals surface area contributed by atoms with E-state index in [-0.39, 0.29) is 5.78 Å². The SMILES string of the molecule is COc1cc(OC)cc(C(=O)c2c(Br)nnn2C)c1. The van der Waals surface area contributed by atoms with Gasteiger partial charge in [0.2, 0.25) is 5.78 Å². The Bertz CT molecular complexity index is 583. The number of hydrogen-bond acceptors (Lipinski definition) is 5. The Labute approximate surface area is 118 Å². The van der Waals surface area contributed by atoms with Crippen molar-refractivity contribution in [2.45, 2.75) is 0 Å². The zero-order valence-corrected chi connectivity index (χ0v) is 12.3. The zero-order chi connectivity index (χ0) is 14.0. The molecule has 0 spiro atoms. The Morgan fingerprint density at radius 3 is 2.21 bits per heavy atom. The quantitative estimate of drug-likeness (QED) is 0.802. The average molecular weight is 326 g/mol. The van der Waals surface area contributed by atoms with Gasteiger partial charge in [-0.1, -0.05) is 5.21 Å². The first-order valence-corrected chi connectivity index (χ1v) is 6.19. The van der Waals surface area contributed by atoms with Crippen molar-refractivity contribution in [1.29, 1.82) is 0 Å². The maximum atomic E-state index is 12.4. The van der Waals surface area contributed by atoms with Gasteiger partial charge in [0.15, 0.2) is 4.60 Å². The molecule has 2 aromatic rings. The lowest BCUT2D eigenvalue weighted by molar-refractivity contribution is 0.102. The minimum Gasteiger partial charge on any atom is -0.497 e. The van der Waals surface area contributed by atoms with Gasteiger partial charge in [-0.3, -0.25) is 4.79 Å². The van der Waals surface area contributed by atoms with E-state index < -0.39 is 0 Å². The van der Waals surface area contributed by atoms with E-state index in [0.717, 1.165) is 0 Å². The van der Waals surface area contributed by atoms with Crippen LogP contribution in [0.3, 0.4) is 0 Å². The molecule has 0 saturated carbocycles. The van der Waals surface area contributed by atoms with Gasteiger partial charge in [0, 0.05) is 18.7 Å². The molecule has 100 valence electrons. The van der Waals surface area contributed by atoms with Crippen LogP contribution in [0.2, 0.25) is 0 Å². The summed E-state index contributed by atoms with van der Waals surface area (Å²) in [6.45, 7) is 0. The molecule has 2 rings (SSSR count). The molecule has 0 fully saturated rings. The lowest BCUT2D eigenvalue weighted by atomic mass is 10.1. The Hall–Kier alpha value is -1.89. The molecular weight excluding hydrogens is 314 g/mol. The summed E-state index contributed by atoms with van der Waals surface area (Å²) in [5.74, 6) is 0.888. The Kier molecular flexibility index (Phi) is 3.84. The normalized spacial score (nSPS) is 10.3. The zero-order valence-electron chi connectivity index (χ0n) is 10.7. The van der Waals surface area contributed by atoms with Crippen LogP contribution in [-0.2, 0) is 7.05 Å². The number of ether oxygens (including phenoxy) is 2. The molecule has 0 saturated heterocycles. The molecule has 0 aliphatic carbocycles. The van der Waals surface area contributed by atoms with E-state index in [9.17, 15) is 4.79 Å². The van der Waals surface area contributed by atoms with Gasteiger partial charge in [-0.25, -0.2) is 4.68 Å². The van der Waals surface area contributed by atoms with Crippen LogP contribution in [0.5, 0.6) is 11.5 Å². The summed E-state index contributed by atoms with van der Waals surface area (Å²) in [5, 5.41) is 7.58. The van der Waals surface area contributed by atoms with Gasteiger partial charge in [-0.05, 0) is 28.1 Å². The second kappa shape index (κ2) is 5.40. The Balaban J connectivity index is 2.49. The molecule has 19 heavy (non-hydrogen) atoms. The number of aryl methyl sites for hydroxylation is 1. The van der Waals surface area contributed by atoms with Crippen molar-refractivity contribution in [1.82, 2.24) is 15.0 Å². The predicted molar refractivity (Wildman–Crippen MR) is 71.7 cm³/mol. The second-order valence-electron chi connectivity index (χ2n) is 3.78. The number of benzene rings is 1. The fourth-order valence-electron chi connectivity index (χ4n) is 1.65. The third-order valence-corrected chi connectivity index (χ3v) is 3.15. The number of nitrogens with zero attached hydrogens (tertiary/aromatic N) is 3. The van der Waals surface area contributed by atoms with E-state index in [0.29, 0.717) is 27.4 Å². The molecular formula is C12H12BrN3O3. The van der Waals surface area contributed by atoms with Crippen molar-refractivity contribution in [3.05, 3.63) is 34.1 Å². The van der Waals surface area contributed by atoms with Gasteiger partial charge >= 0.3 is 0 Å². The molecule has 7 heteroatoms. The summed E-state index contributed by atoms with van der Waals surface area (Å²) in [4.78, 5) is 12.4. The van der Waals surface area contributed by atoms with Crippen molar-refractivity contribution in [2.75, 3.05) is 14.2 Å². The standard InChI is InChI=1S/C12H12BrN3O3/c1-16-10(12(13)14-15-16)11(17)7-4-8(18-2)6-9(5-7)19-3/h4-6H,1-3H3. The first-order valence-electron chi connectivity index (χ1n) is 5.39. The van der Waals surface area contributed by atoms with Crippen LogP contribution in [0.4, 0.5) is 0 Å². The minimum atomic E-state index is -0.212. The molecule has 0 aliphatic heterocycles. The second-order valence-corrected chi connectivity index (χ2v) is 4.53. The first kappa shape index (κ1) is 13.5. The third-order valence-electron chi connectivity index (χ3n) is 2.61. The number of aromatic nitrogens is 3. The van der Waals surface area contributed by atoms with Crippen molar-refractivity contribution in [3.8, 4) is 11.5 Å². The maximum Gasteiger partial charge on any atom is 0.214 e. The number of rotatable bonds is 4. The highest BCUT2D eigenvalue weighted by atomic mass is 79.9. The molecule has 0 unspecified atom stereocenters. The van der Waals surface area contributed by atoms with Crippen LogP contribution in [0, 0.1) is 0 Å².